The van der Waals surface area contributed by atoms with Gasteiger partial charge in [-0.25, -0.2) is 0 Å². The molecule has 0 unspecified atom stereocenters. The van der Waals surface area contributed by atoms with Crippen molar-refractivity contribution in [3.63, 3.8) is 0 Å². The quantitative estimate of drug-likeness (QED) is 0.848. The van der Waals surface area contributed by atoms with Crippen LogP contribution in [0.3, 0.4) is 0 Å². The average molecular weight is 368 g/mol. The van der Waals surface area contributed by atoms with Crippen LogP contribution in [0.2, 0.25) is 0 Å². The van der Waals surface area contributed by atoms with Crippen molar-refractivity contribution >= 4 is 23.2 Å². The van der Waals surface area contributed by atoms with E-state index in [0.29, 0.717) is 30.2 Å². The Morgan fingerprint density at radius 2 is 1.96 bits per heavy atom. The number of hydrogen-bond acceptors (Lipinski definition) is 4. The van der Waals surface area contributed by atoms with Gasteiger partial charge in [0.2, 0.25) is 5.91 Å². The molecule has 142 valence electrons. The average Bonchev–Trinajstić information content (AvgIpc) is 3.08. The van der Waals surface area contributed by atoms with E-state index in [1.165, 1.54) is 0 Å². The monoisotopic (exact) mass is 368 g/mol. The van der Waals surface area contributed by atoms with Crippen molar-refractivity contribution < 1.29 is 19.1 Å². The second kappa shape index (κ2) is 8.12. The molecule has 6 nitrogen and oxygen atoms in total. The smallest absolute Gasteiger partial charge is 0.262 e. The molecule has 0 spiro atoms. The van der Waals surface area contributed by atoms with Crippen LogP contribution in [-0.2, 0) is 9.59 Å². The molecule has 6 heteroatoms. The summed E-state index contributed by atoms with van der Waals surface area (Å²) in [7, 11) is 1.55. The number of carbonyl (C=O) groups is 2. The SMILES string of the molecule is COc1cc(NC(=O)COc2cc(C)ccc2C)ccc1N1CCCC1=O. The summed E-state index contributed by atoms with van der Waals surface area (Å²) in [5, 5.41) is 2.80. The fraction of sp³-hybridized carbons (Fsp3) is 0.333. The van der Waals surface area contributed by atoms with Gasteiger partial charge in [-0.05, 0) is 49.6 Å². The second-order valence-corrected chi connectivity index (χ2v) is 6.64. The Morgan fingerprint density at radius 3 is 2.67 bits per heavy atom. The maximum atomic E-state index is 12.2. The number of benzene rings is 2. The predicted molar refractivity (Wildman–Crippen MR) is 105 cm³/mol. The van der Waals surface area contributed by atoms with Crippen molar-refractivity contribution in [1.82, 2.24) is 0 Å². The summed E-state index contributed by atoms with van der Waals surface area (Å²) in [5.74, 6) is 1.08. The van der Waals surface area contributed by atoms with Crippen LogP contribution in [0.25, 0.3) is 0 Å². The molecule has 1 aliphatic rings. The van der Waals surface area contributed by atoms with Gasteiger partial charge in [-0.3, -0.25) is 9.59 Å². The van der Waals surface area contributed by atoms with Gasteiger partial charge in [0.25, 0.3) is 5.91 Å². The number of amides is 2. The number of hydrogen-bond donors (Lipinski definition) is 1. The second-order valence-electron chi connectivity index (χ2n) is 6.64. The van der Waals surface area contributed by atoms with E-state index >= 15 is 0 Å². The fourth-order valence-corrected chi connectivity index (χ4v) is 3.08. The molecule has 3 rings (SSSR count). The van der Waals surface area contributed by atoms with Gasteiger partial charge in [-0.2, -0.15) is 0 Å². The molecule has 0 aromatic heterocycles. The van der Waals surface area contributed by atoms with Crippen LogP contribution in [0.15, 0.2) is 36.4 Å². The highest BCUT2D eigenvalue weighted by Crippen LogP contribution is 2.33. The van der Waals surface area contributed by atoms with Crippen LogP contribution in [-0.4, -0.2) is 32.1 Å². The molecule has 1 fully saturated rings. The zero-order valence-electron chi connectivity index (χ0n) is 15.9. The zero-order chi connectivity index (χ0) is 19.4. The Bertz CT molecular complexity index is 863. The third-order valence-corrected chi connectivity index (χ3v) is 4.53. The molecule has 0 radical (unpaired) electrons. The third kappa shape index (κ3) is 4.39. The van der Waals surface area contributed by atoms with Crippen molar-refractivity contribution in [2.45, 2.75) is 26.7 Å². The molecule has 0 bridgehead atoms. The molecule has 1 N–H and O–H groups in total. The maximum Gasteiger partial charge on any atom is 0.262 e. The third-order valence-electron chi connectivity index (χ3n) is 4.53. The number of nitrogens with zero attached hydrogens (tertiary/aromatic N) is 1. The van der Waals surface area contributed by atoms with E-state index in [4.69, 9.17) is 9.47 Å². The number of carbonyl (C=O) groups excluding carboxylic acids is 2. The highest BCUT2D eigenvalue weighted by atomic mass is 16.5. The number of anilines is 2. The maximum absolute atomic E-state index is 12.2. The molecule has 2 aromatic carbocycles. The normalized spacial score (nSPS) is 13.6. The van der Waals surface area contributed by atoms with E-state index in [1.54, 1.807) is 30.2 Å². The molecule has 0 aliphatic carbocycles. The fourth-order valence-electron chi connectivity index (χ4n) is 3.08. The first kappa shape index (κ1) is 18.8. The molecular weight excluding hydrogens is 344 g/mol. The minimum Gasteiger partial charge on any atom is -0.494 e. The molecule has 1 heterocycles. The lowest BCUT2D eigenvalue weighted by atomic mass is 10.1. The van der Waals surface area contributed by atoms with Crippen LogP contribution in [0.4, 0.5) is 11.4 Å². The minimum atomic E-state index is -0.261. The predicted octanol–water partition coefficient (Wildman–Crippen LogP) is 3.46. The molecule has 0 saturated carbocycles. The lowest BCUT2D eigenvalue weighted by molar-refractivity contribution is -0.118. The van der Waals surface area contributed by atoms with E-state index in [9.17, 15) is 9.59 Å². The molecule has 2 amide bonds. The standard InChI is InChI=1S/C21H24N2O4/c1-14-6-7-15(2)18(11-14)27-13-20(24)22-16-8-9-17(19(12-16)26-3)23-10-4-5-21(23)25/h6-9,11-12H,4-5,10,13H2,1-3H3,(H,22,24). The molecule has 1 saturated heterocycles. The molecule has 2 aromatic rings. The van der Waals surface area contributed by atoms with Crippen molar-refractivity contribution in [2.75, 3.05) is 30.5 Å². The van der Waals surface area contributed by atoms with E-state index in [2.05, 4.69) is 5.32 Å². The summed E-state index contributed by atoms with van der Waals surface area (Å²) >= 11 is 0. The van der Waals surface area contributed by atoms with Crippen LogP contribution in [0.5, 0.6) is 11.5 Å². The van der Waals surface area contributed by atoms with E-state index < -0.39 is 0 Å². The first-order valence-corrected chi connectivity index (χ1v) is 8.96. The number of ether oxygens (including phenoxy) is 2. The molecule has 1 aliphatic heterocycles. The van der Waals surface area contributed by atoms with Gasteiger partial charge in [-0.1, -0.05) is 12.1 Å². The van der Waals surface area contributed by atoms with Gasteiger partial charge < -0.3 is 19.7 Å². The summed E-state index contributed by atoms with van der Waals surface area (Å²) in [5.41, 5.74) is 3.38. The number of rotatable bonds is 6. The van der Waals surface area contributed by atoms with E-state index in [0.717, 1.165) is 23.2 Å². The summed E-state index contributed by atoms with van der Waals surface area (Å²) in [6.45, 7) is 4.52. The molecule has 27 heavy (non-hydrogen) atoms. The van der Waals surface area contributed by atoms with Crippen LogP contribution in [0, 0.1) is 13.8 Å². The Balaban J connectivity index is 1.65. The zero-order valence-corrected chi connectivity index (χ0v) is 15.9. The van der Waals surface area contributed by atoms with Gasteiger partial charge in [0.15, 0.2) is 6.61 Å². The van der Waals surface area contributed by atoms with Crippen molar-refractivity contribution in [2.24, 2.45) is 0 Å². The summed E-state index contributed by atoms with van der Waals surface area (Å²) in [4.78, 5) is 25.9. The number of aryl methyl sites for hydroxylation is 2. The largest absolute Gasteiger partial charge is 0.494 e. The summed E-state index contributed by atoms with van der Waals surface area (Å²) in [6, 6.07) is 11.2. The van der Waals surface area contributed by atoms with Gasteiger partial charge in [-0.15, -0.1) is 0 Å². The molecule has 0 atom stereocenters. The Labute approximate surface area is 159 Å². The minimum absolute atomic E-state index is 0.0844. The highest BCUT2D eigenvalue weighted by Gasteiger charge is 2.24. The topological polar surface area (TPSA) is 67.9 Å². The van der Waals surface area contributed by atoms with Crippen LogP contribution < -0.4 is 19.7 Å². The number of nitrogens with one attached hydrogen (secondary N) is 1. The molecular formula is C21H24N2O4. The van der Waals surface area contributed by atoms with Gasteiger partial charge in [0.1, 0.15) is 11.5 Å². The van der Waals surface area contributed by atoms with Crippen LogP contribution >= 0.6 is 0 Å². The lowest BCUT2D eigenvalue weighted by Gasteiger charge is -2.19. The van der Waals surface area contributed by atoms with Gasteiger partial charge in [0, 0.05) is 24.7 Å². The summed E-state index contributed by atoms with van der Waals surface area (Å²) < 4.78 is 11.0. The van der Waals surface area contributed by atoms with Crippen molar-refractivity contribution in [1.29, 1.82) is 0 Å². The van der Waals surface area contributed by atoms with Gasteiger partial charge >= 0.3 is 0 Å². The number of methoxy groups -OCH3 is 1. The Kier molecular flexibility index (Phi) is 5.64. The van der Waals surface area contributed by atoms with Crippen LogP contribution in [0.1, 0.15) is 24.0 Å². The first-order chi connectivity index (χ1) is 13.0. The first-order valence-electron chi connectivity index (χ1n) is 8.96. The van der Waals surface area contributed by atoms with Crippen molar-refractivity contribution in [3.05, 3.63) is 47.5 Å². The van der Waals surface area contributed by atoms with Crippen molar-refractivity contribution in [3.8, 4) is 11.5 Å². The summed E-state index contributed by atoms with van der Waals surface area (Å²) in [6.07, 6.45) is 1.40. The Hall–Kier alpha value is -3.02. The Morgan fingerprint density at radius 1 is 1.15 bits per heavy atom. The van der Waals surface area contributed by atoms with E-state index in [1.807, 2.05) is 32.0 Å². The van der Waals surface area contributed by atoms with Gasteiger partial charge in [0.05, 0.1) is 12.8 Å². The van der Waals surface area contributed by atoms with E-state index in [-0.39, 0.29) is 18.4 Å². The lowest BCUT2D eigenvalue weighted by Crippen LogP contribution is -2.24. The highest BCUT2D eigenvalue weighted by molar-refractivity contribution is 5.98.